The van der Waals surface area contributed by atoms with Crippen molar-refractivity contribution in [3.8, 4) is 23.0 Å². The van der Waals surface area contributed by atoms with E-state index in [4.69, 9.17) is 18.9 Å². The number of rotatable bonds is 8. The van der Waals surface area contributed by atoms with E-state index in [0.29, 0.717) is 45.5 Å². The first-order valence-electron chi connectivity index (χ1n) is 10.6. The first-order valence-corrected chi connectivity index (χ1v) is 10.6. The molecule has 0 fully saturated rings. The van der Waals surface area contributed by atoms with Gasteiger partial charge in [-0.2, -0.15) is 0 Å². The van der Waals surface area contributed by atoms with Crippen molar-refractivity contribution in [1.29, 1.82) is 0 Å². The first-order chi connectivity index (χ1) is 17.0. The van der Waals surface area contributed by atoms with Crippen LogP contribution in [-0.4, -0.2) is 45.3 Å². The highest BCUT2D eigenvalue weighted by molar-refractivity contribution is 6.06. The summed E-state index contributed by atoms with van der Waals surface area (Å²) in [5.74, 6) is 0.387. The number of nitrogens with one attached hydrogen (secondary N) is 3. The average Bonchev–Trinajstić information content (AvgIpc) is 3.36. The zero-order chi connectivity index (χ0) is 24.8. The highest BCUT2D eigenvalue weighted by atomic mass is 16.7. The Balaban J connectivity index is 1.42. The minimum absolute atomic E-state index is 0.100. The lowest BCUT2D eigenvalue weighted by atomic mass is 10.2. The molecule has 1 aliphatic heterocycles. The summed E-state index contributed by atoms with van der Waals surface area (Å²) in [5.41, 5.74) is 1.49. The molecule has 3 amide bonds. The van der Waals surface area contributed by atoms with E-state index in [2.05, 4.69) is 16.0 Å². The number of carbonyl (C=O) groups excluding carboxylic acids is 3. The van der Waals surface area contributed by atoms with Crippen molar-refractivity contribution < 1.29 is 33.3 Å². The standard InChI is InChI=1S/C25H23N3O7/c1-32-20-12-18(28-25(31)15-6-4-3-5-7-15)21(33-2)11-17(20)27-23(29)13-26-24(30)16-8-9-19-22(10-16)35-14-34-19/h3-12H,13-14H2,1-2H3,(H,26,30)(H,27,29)(H,28,31). The van der Waals surface area contributed by atoms with Gasteiger partial charge in [0.05, 0.1) is 32.1 Å². The van der Waals surface area contributed by atoms with E-state index in [1.54, 1.807) is 48.5 Å². The van der Waals surface area contributed by atoms with Crippen LogP contribution in [0.25, 0.3) is 0 Å². The van der Waals surface area contributed by atoms with Crippen molar-refractivity contribution in [2.24, 2.45) is 0 Å². The van der Waals surface area contributed by atoms with Crippen LogP contribution in [0, 0.1) is 0 Å². The van der Waals surface area contributed by atoms with Crippen molar-refractivity contribution in [2.45, 2.75) is 0 Å². The quantitative estimate of drug-likeness (QED) is 0.456. The molecule has 0 bridgehead atoms. The molecule has 0 saturated carbocycles. The molecule has 0 spiro atoms. The van der Waals surface area contributed by atoms with Crippen LogP contribution in [0.3, 0.4) is 0 Å². The summed E-state index contributed by atoms with van der Waals surface area (Å²) < 4.78 is 21.3. The second-order valence-electron chi connectivity index (χ2n) is 7.37. The lowest BCUT2D eigenvalue weighted by Crippen LogP contribution is -2.32. The van der Waals surface area contributed by atoms with Crippen molar-refractivity contribution in [3.63, 3.8) is 0 Å². The Bertz CT molecular complexity index is 1260. The fraction of sp³-hybridized carbons (Fsp3) is 0.160. The number of hydrogen-bond acceptors (Lipinski definition) is 7. The van der Waals surface area contributed by atoms with Crippen LogP contribution in [0.5, 0.6) is 23.0 Å². The topological polar surface area (TPSA) is 124 Å². The van der Waals surface area contributed by atoms with E-state index in [1.165, 1.54) is 20.3 Å². The van der Waals surface area contributed by atoms with Gasteiger partial charge in [0, 0.05) is 23.3 Å². The van der Waals surface area contributed by atoms with Gasteiger partial charge < -0.3 is 34.9 Å². The van der Waals surface area contributed by atoms with Crippen LogP contribution >= 0.6 is 0 Å². The number of benzene rings is 3. The van der Waals surface area contributed by atoms with Crippen LogP contribution in [0.4, 0.5) is 11.4 Å². The SMILES string of the molecule is COc1cc(NC(=O)c2ccccc2)c(OC)cc1NC(=O)CNC(=O)c1ccc2c(c1)OCO2. The van der Waals surface area contributed by atoms with Gasteiger partial charge in [0.15, 0.2) is 11.5 Å². The Labute approximate surface area is 201 Å². The number of methoxy groups -OCH3 is 2. The highest BCUT2D eigenvalue weighted by Gasteiger charge is 2.18. The van der Waals surface area contributed by atoms with E-state index >= 15 is 0 Å². The van der Waals surface area contributed by atoms with Crippen molar-refractivity contribution in [1.82, 2.24) is 5.32 Å². The molecule has 10 nitrogen and oxygen atoms in total. The Morgan fingerprint density at radius 1 is 0.771 bits per heavy atom. The van der Waals surface area contributed by atoms with Gasteiger partial charge in [0.2, 0.25) is 12.7 Å². The van der Waals surface area contributed by atoms with Crippen LogP contribution in [-0.2, 0) is 4.79 Å². The van der Waals surface area contributed by atoms with E-state index in [-0.39, 0.29) is 19.2 Å². The van der Waals surface area contributed by atoms with E-state index in [9.17, 15) is 14.4 Å². The maximum Gasteiger partial charge on any atom is 0.255 e. The molecule has 0 aliphatic carbocycles. The molecule has 3 aromatic carbocycles. The molecule has 1 aliphatic rings. The lowest BCUT2D eigenvalue weighted by Gasteiger charge is -2.16. The summed E-state index contributed by atoms with van der Waals surface area (Å²) in [6.07, 6.45) is 0. The molecular formula is C25H23N3O7. The summed E-state index contributed by atoms with van der Waals surface area (Å²) in [4.78, 5) is 37.5. The number of amides is 3. The molecule has 0 saturated heterocycles. The number of carbonyl (C=O) groups is 3. The second-order valence-corrected chi connectivity index (χ2v) is 7.37. The van der Waals surface area contributed by atoms with Crippen LogP contribution in [0.15, 0.2) is 60.7 Å². The van der Waals surface area contributed by atoms with Gasteiger partial charge >= 0.3 is 0 Å². The lowest BCUT2D eigenvalue weighted by molar-refractivity contribution is -0.115. The Morgan fingerprint density at radius 2 is 1.43 bits per heavy atom. The molecular weight excluding hydrogens is 454 g/mol. The van der Waals surface area contributed by atoms with E-state index < -0.39 is 11.8 Å². The maximum atomic E-state index is 12.5. The van der Waals surface area contributed by atoms with E-state index in [0.717, 1.165) is 0 Å². The summed E-state index contributed by atoms with van der Waals surface area (Å²) in [6.45, 7) is -0.186. The molecule has 4 rings (SSSR count). The van der Waals surface area contributed by atoms with Gasteiger partial charge in [-0.3, -0.25) is 14.4 Å². The normalized spacial score (nSPS) is 11.4. The van der Waals surface area contributed by atoms with Crippen molar-refractivity contribution >= 4 is 29.1 Å². The summed E-state index contributed by atoms with van der Waals surface area (Å²) in [5, 5.41) is 8.01. The minimum Gasteiger partial charge on any atom is -0.494 e. The van der Waals surface area contributed by atoms with Crippen molar-refractivity contribution in [3.05, 3.63) is 71.8 Å². The molecule has 3 N–H and O–H groups in total. The third-order valence-corrected chi connectivity index (χ3v) is 5.12. The molecule has 0 unspecified atom stereocenters. The first kappa shape index (κ1) is 23.4. The monoisotopic (exact) mass is 477 g/mol. The molecule has 1 heterocycles. The molecule has 35 heavy (non-hydrogen) atoms. The van der Waals surface area contributed by atoms with Gasteiger partial charge in [-0.1, -0.05) is 18.2 Å². The molecule has 180 valence electrons. The predicted octanol–water partition coefficient (Wildman–Crippen LogP) is 3.05. The molecule has 0 radical (unpaired) electrons. The van der Waals surface area contributed by atoms with Gasteiger partial charge in [-0.25, -0.2) is 0 Å². The van der Waals surface area contributed by atoms with Crippen LogP contribution in [0.1, 0.15) is 20.7 Å². The third kappa shape index (κ3) is 5.44. The smallest absolute Gasteiger partial charge is 0.255 e. The van der Waals surface area contributed by atoms with Crippen molar-refractivity contribution in [2.75, 3.05) is 38.2 Å². The predicted molar refractivity (Wildman–Crippen MR) is 127 cm³/mol. The second kappa shape index (κ2) is 10.5. The zero-order valence-corrected chi connectivity index (χ0v) is 19.0. The van der Waals surface area contributed by atoms with Gasteiger partial charge in [0.1, 0.15) is 11.5 Å². The van der Waals surface area contributed by atoms with Crippen LogP contribution < -0.4 is 34.9 Å². The fourth-order valence-corrected chi connectivity index (χ4v) is 3.37. The van der Waals surface area contributed by atoms with Gasteiger partial charge in [-0.05, 0) is 30.3 Å². The molecule has 0 aromatic heterocycles. The summed E-state index contributed by atoms with van der Waals surface area (Å²) in [6, 6.07) is 16.5. The summed E-state index contributed by atoms with van der Waals surface area (Å²) in [7, 11) is 2.87. The Kier molecular flexibility index (Phi) is 7.01. The molecule has 3 aromatic rings. The number of ether oxygens (including phenoxy) is 4. The molecule has 10 heteroatoms. The molecule has 0 atom stereocenters. The number of hydrogen-bond donors (Lipinski definition) is 3. The highest BCUT2D eigenvalue weighted by Crippen LogP contribution is 2.37. The van der Waals surface area contributed by atoms with E-state index in [1.807, 2.05) is 6.07 Å². The van der Waals surface area contributed by atoms with Crippen LogP contribution in [0.2, 0.25) is 0 Å². The Morgan fingerprint density at radius 3 is 2.11 bits per heavy atom. The number of anilines is 2. The number of fused-ring (bicyclic) bond motifs is 1. The largest absolute Gasteiger partial charge is 0.494 e. The average molecular weight is 477 g/mol. The zero-order valence-electron chi connectivity index (χ0n) is 19.0. The fourth-order valence-electron chi connectivity index (χ4n) is 3.37. The third-order valence-electron chi connectivity index (χ3n) is 5.12. The minimum atomic E-state index is -0.486. The van der Waals surface area contributed by atoms with Gasteiger partial charge in [0.25, 0.3) is 11.8 Å². The summed E-state index contributed by atoms with van der Waals surface area (Å²) >= 11 is 0. The van der Waals surface area contributed by atoms with Gasteiger partial charge in [-0.15, -0.1) is 0 Å². The maximum absolute atomic E-state index is 12.5. The Hall–Kier alpha value is -4.73.